The Hall–Kier alpha value is -0.180. The van der Waals surface area contributed by atoms with E-state index in [1.165, 1.54) is 50.1 Å². The van der Waals surface area contributed by atoms with Crippen molar-refractivity contribution >= 4 is 16.9 Å². The van der Waals surface area contributed by atoms with Crippen LogP contribution in [0.5, 0.6) is 0 Å². The fourth-order valence-electron chi connectivity index (χ4n) is 3.03. The van der Waals surface area contributed by atoms with Crippen molar-refractivity contribution in [1.29, 1.82) is 0 Å². The highest BCUT2D eigenvalue weighted by atomic mass is 32.2. The maximum Gasteiger partial charge on any atom is 0.156 e. The number of aliphatic imine (C=N–C) groups is 1. The average molecular weight is 254 g/mol. The van der Waals surface area contributed by atoms with Crippen molar-refractivity contribution in [2.45, 2.75) is 64.0 Å². The molecule has 1 saturated carbocycles. The van der Waals surface area contributed by atoms with E-state index < -0.39 is 0 Å². The van der Waals surface area contributed by atoms with Crippen LogP contribution in [0.4, 0.5) is 0 Å². The van der Waals surface area contributed by atoms with Crippen molar-refractivity contribution in [3.8, 4) is 0 Å². The number of rotatable bonds is 5. The summed E-state index contributed by atoms with van der Waals surface area (Å²) in [5, 5.41) is 5.57. The van der Waals surface area contributed by atoms with Crippen molar-refractivity contribution in [1.82, 2.24) is 5.32 Å². The minimum atomic E-state index is 0.575. The molecule has 1 atom stereocenters. The molecule has 2 aliphatic rings. The lowest BCUT2D eigenvalue weighted by Crippen LogP contribution is -2.34. The van der Waals surface area contributed by atoms with Crippen molar-refractivity contribution in [3.05, 3.63) is 0 Å². The Morgan fingerprint density at radius 3 is 2.76 bits per heavy atom. The standard InChI is InChI=1S/C14H26N2S/c1-3-7-12-10-15-13(17-12)16-11-14(4-2)8-5-6-9-14/h12H,3-11H2,1-2H3,(H,15,16). The number of nitrogens with one attached hydrogen (secondary N) is 1. The van der Waals surface area contributed by atoms with Gasteiger partial charge in [-0.25, -0.2) is 0 Å². The van der Waals surface area contributed by atoms with Gasteiger partial charge in [-0.3, -0.25) is 4.99 Å². The third-order valence-corrected chi connectivity index (χ3v) is 5.57. The molecule has 3 heteroatoms. The first-order chi connectivity index (χ1) is 8.28. The van der Waals surface area contributed by atoms with Crippen LogP contribution in [0.1, 0.15) is 58.8 Å². The first-order valence-electron chi connectivity index (χ1n) is 7.23. The van der Waals surface area contributed by atoms with E-state index in [1.54, 1.807) is 0 Å². The fraction of sp³-hybridized carbons (Fsp3) is 0.929. The summed E-state index contributed by atoms with van der Waals surface area (Å²) in [7, 11) is 0. The van der Waals surface area contributed by atoms with Crippen LogP contribution in [-0.2, 0) is 0 Å². The zero-order chi connectivity index (χ0) is 12.1. The lowest BCUT2D eigenvalue weighted by atomic mass is 9.83. The van der Waals surface area contributed by atoms with Gasteiger partial charge in [0, 0.05) is 11.8 Å². The Morgan fingerprint density at radius 2 is 2.12 bits per heavy atom. The van der Waals surface area contributed by atoms with Crippen molar-refractivity contribution in [2.75, 3.05) is 13.1 Å². The molecule has 0 amide bonds. The highest BCUT2D eigenvalue weighted by Crippen LogP contribution is 2.40. The Balaban J connectivity index is 1.75. The Labute approximate surface area is 110 Å². The highest BCUT2D eigenvalue weighted by molar-refractivity contribution is 8.14. The summed E-state index contributed by atoms with van der Waals surface area (Å²) >= 11 is 1.97. The highest BCUT2D eigenvalue weighted by Gasteiger charge is 2.32. The van der Waals surface area contributed by atoms with Crippen LogP contribution in [0.15, 0.2) is 4.99 Å². The van der Waals surface area contributed by atoms with Gasteiger partial charge in [-0.15, -0.1) is 0 Å². The van der Waals surface area contributed by atoms with Gasteiger partial charge in [-0.2, -0.15) is 0 Å². The van der Waals surface area contributed by atoms with E-state index in [0.29, 0.717) is 5.41 Å². The van der Waals surface area contributed by atoms with E-state index in [9.17, 15) is 0 Å². The van der Waals surface area contributed by atoms with Gasteiger partial charge in [0.1, 0.15) is 0 Å². The van der Waals surface area contributed by atoms with Crippen molar-refractivity contribution < 1.29 is 0 Å². The van der Waals surface area contributed by atoms with E-state index in [2.05, 4.69) is 24.2 Å². The molecule has 2 rings (SSSR count). The van der Waals surface area contributed by atoms with Gasteiger partial charge >= 0.3 is 0 Å². The molecule has 0 aromatic carbocycles. The van der Waals surface area contributed by atoms with Gasteiger partial charge < -0.3 is 5.32 Å². The summed E-state index contributed by atoms with van der Waals surface area (Å²) in [6, 6.07) is 0. The average Bonchev–Trinajstić information content (AvgIpc) is 2.96. The van der Waals surface area contributed by atoms with E-state index in [-0.39, 0.29) is 0 Å². The summed E-state index contributed by atoms with van der Waals surface area (Å²) in [6.45, 7) is 6.78. The van der Waals surface area contributed by atoms with E-state index in [4.69, 9.17) is 0 Å². The molecule has 17 heavy (non-hydrogen) atoms. The number of hydrogen-bond acceptors (Lipinski definition) is 3. The number of thioether (sulfide) groups is 1. The monoisotopic (exact) mass is 254 g/mol. The first kappa shape index (κ1) is 13.3. The predicted octanol–water partition coefficient (Wildman–Crippen LogP) is 3.82. The second-order valence-electron chi connectivity index (χ2n) is 5.59. The largest absolute Gasteiger partial charge is 0.364 e. The van der Waals surface area contributed by atoms with Crippen LogP contribution in [0.25, 0.3) is 0 Å². The third-order valence-electron chi connectivity index (χ3n) is 4.36. The second kappa shape index (κ2) is 6.12. The van der Waals surface area contributed by atoms with Gasteiger partial charge in [0.2, 0.25) is 0 Å². The molecule has 2 nitrogen and oxygen atoms in total. The summed E-state index contributed by atoms with van der Waals surface area (Å²) in [4.78, 5) is 4.63. The van der Waals surface area contributed by atoms with Crippen LogP contribution in [-0.4, -0.2) is 23.5 Å². The molecule has 0 aromatic rings. The molecule has 1 unspecified atom stereocenters. The molecule has 1 aliphatic heterocycles. The van der Waals surface area contributed by atoms with Gasteiger partial charge in [-0.1, -0.05) is 44.9 Å². The molecule has 0 radical (unpaired) electrons. The van der Waals surface area contributed by atoms with Gasteiger partial charge in [0.25, 0.3) is 0 Å². The van der Waals surface area contributed by atoms with Crippen LogP contribution >= 0.6 is 11.8 Å². The maximum atomic E-state index is 4.63. The smallest absolute Gasteiger partial charge is 0.156 e. The number of amidine groups is 1. The summed E-state index contributed by atoms with van der Waals surface area (Å²) in [5.74, 6) is 0. The van der Waals surface area contributed by atoms with Crippen LogP contribution in [0.2, 0.25) is 0 Å². The Morgan fingerprint density at radius 1 is 1.35 bits per heavy atom. The first-order valence-corrected chi connectivity index (χ1v) is 8.11. The van der Waals surface area contributed by atoms with Crippen molar-refractivity contribution in [2.24, 2.45) is 10.4 Å². The summed E-state index contributed by atoms with van der Waals surface area (Å²) in [5.41, 5.74) is 0.575. The third kappa shape index (κ3) is 3.40. The van der Waals surface area contributed by atoms with Gasteiger partial charge in [0.15, 0.2) is 5.17 Å². The van der Waals surface area contributed by atoms with Crippen LogP contribution in [0, 0.1) is 5.41 Å². The molecule has 0 aromatic heterocycles. The molecule has 1 fully saturated rings. The minimum absolute atomic E-state index is 0.575. The molecular weight excluding hydrogens is 228 g/mol. The summed E-state index contributed by atoms with van der Waals surface area (Å²) in [6.07, 6.45) is 9.56. The zero-order valence-electron chi connectivity index (χ0n) is 11.3. The van der Waals surface area contributed by atoms with Crippen LogP contribution < -0.4 is 5.32 Å². The SMILES string of the molecule is CCCC1CN=C(NCC2(CC)CCCC2)S1. The van der Waals surface area contributed by atoms with E-state index >= 15 is 0 Å². The van der Waals surface area contributed by atoms with Gasteiger partial charge in [0.05, 0.1) is 6.54 Å². The van der Waals surface area contributed by atoms with E-state index in [1.807, 2.05) is 11.8 Å². The Kier molecular flexibility index (Phi) is 4.78. The molecule has 1 heterocycles. The fourth-order valence-corrected chi connectivity index (χ4v) is 4.15. The van der Waals surface area contributed by atoms with E-state index in [0.717, 1.165) is 18.3 Å². The quantitative estimate of drug-likeness (QED) is 0.806. The molecule has 1 aliphatic carbocycles. The normalized spacial score (nSPS) is 27.2. The molecule has 98 valence electrons. The molecule has 0 bridgehead atoms. The summed E-state index contributed by atoms with van der Waals surface area (Å²) < 4.78 is 0. The second-order valence-corrected chi connectivity index (χ2v) is 6.88. The zero-order valence-corrected chi connectivity index (χ0v) is 12.1. The molecule has 0 saturated heterocycles. The van der Waals surface area contributed by atoms with Crippen LogP contribution in [0.3, 0.4) is 0 Å². The number of hydrogen-bond donors (Lipinski definition) is 1. The topological polar surface area (TPSA) is 24.4 Å². The lowest BCUT2D eigenvalue weighted by molar-refractivity contribution is 0.285. The lowest BCUT2D eigenvalue weighted by Gasteiger charge is -2.28. The molecule has 0 spiro atoms. The number of nitrogens with zero attached hydrogens (tertiary/aromatic N) is 1. The molecule has 1 N–H and O–H groups in total. The Bertz CT molecular complexity index is 269. The maximum absolute atomic E-state index is 4.63. The minimum Gasteiger partial charge on any atom is -0.364 e. The molecular formula is C14H26N2S. The van der Waals surface area contributed by atoms with Crippen molar-refractivity contribution in [3.63, 3.8) is 0 Å². The predicted molar refractivity (Wildman–Crippen MR) is 77.8 cm³/mol. The van der Waals surface area contributed by atoms with Gasteiger partial charge in [-0.05, 0) is 31.1 Å².